The molecule has 0 bridgehead atoms. The Bertz CT molecular complexity index is 520. The number of aromatic nitrogens is 2. The van der Waals surface area contributed by atoms with Crippen LogP contribution in [-0.2, 0) is 4.74 Å². The van der Waals surface area contributed by atoms with E-state index in [1.54, 1.807) is 0 Å². The standard InChI is InChI=1S/C14H19N3O2/c1-2-5-13-12(4-1)14(16-15-13)19-9-3-6-17-7-10-18-11-8-17/h1-2,4-5H,3,6-11H2,(H,15,16). The molecule has 3 rings (SSSR count). The largest absolute Gasteiger partial charge is 0.476 e. The van der Waals surface area contributed by atoms with E-state index in [-0.39, 0.29) is 0 Å². The third-order valence-electron chi connectivity index (χ3n) is 3.40. The molecule has 19 heavy (non-hydrogen) atoms. The lowest BCUT2D eigenvalue weighted by Gasteiger charge is -2.26. The molecule has 5 nitrogen and oxygen atoms in total. The zero-order valence-electron chi connectivity index (χ0n) is 11.0. The number of hydrogen-bond acceptors (Lipinski definition) is 4. The first-order valence-corrected chi connectivity index (χ1v) is 6.79. The van der Waals surface area contributed by atoms with Crippen molar-refractivity contribution in [3.05, 3.63) is 24.3 Å². The van der Waals surface area contributed by atoms with Crippen LogP contribution in [0.4, 0.5) is 0 Å². The topological polar surface area (TPSA) is 50.4 Å². The zero-order valence-corrected chi connectivity index (χ0v) is 11.0. The molecule has 0 aliphatic carbocycles. The Kier molecular flexibility index (Phi) is 3.95. The number of hydrogen-bond donors (Lipinski definition) is 1. The summed E-state index contributed by atoms with van der Waals surface area (Å²) in [5.41, 5.74) is 1.02. The van der Waals surface area contributed by atoms with Crippen molar-refractivity contribution in [2.45, 2.75) is 6.42 Å². The summed E-state index contributed by atoms with van der Waals surface area (Å²) in [7, 11) is 0. The van der Waals surface area contributed by atoms with Crippen LogP contribution in [0.2, 0.25) is 0 Å². The van der Waals surface area contributed by atoms with Gasteiger partial charge in [-0.3, -0.25) is 10.00 Å². The first kappa shape index (κ1) is 12.4. The molecule has 0 amide bonds. The average Bonchev–Trinajstić information content (AvgIpc) is 2.88. The van der Waals surface area contributed by atoms with Gasteiger partial charge in [-0.15, -0.1) is 5.10 Å². The minimum Gasteiger partial charge on any atom is -0.476 e. The lowest BCUT2D eigenvalue weighted by Crippen LogP contribution is -2.37. The second kappa shape index (κ2) is 6.04. The van der Waals surface area contributed by atoms with Crippen LogP contribution in [-0.4, -0.2) is 54.6 Å². The maximum atomic E-state index is 5.75. The fourth-order valence-corrected chi connectivity index (χ4v) is 2.33. The van der Waals surface area contributed by atoms with Crippen molar-refractivity contribution in [3.63, 3.8) is 0 Å². The molecule has 1 fully saturated rings. The molecule has 0 saturated carbocycles. The van der Waals surface area contributed by atoms with Crippen molar-refractivity contribution in [2.24, 2.45) is 0 Å². The number of morpholine rings is 1. The van der Waals surface area contributed by atoms with Crippen LogP contribution >= 0.6 is 0 Å². The van der Waals surface area contributed by atoms with Crippen molar-refractivity contribution < 1.29 is 9.47 Å². The molecule has 1 N–H and O–H groups in total. The highest BCUT2D eigenvalue weighted by atomic mass is 16.5. The Labute approximate surface area is 112 Å². The third-order valence-corrected chi connectivity index (χ3v) is 3.40. The minimum absolute atomic E-state index is 0.701. The monoisotopic (exact) mass is 261 g/mol. The highest BCUT2D eigenvalue weighted by Crippen LogP contribution is 2.21. The lowest BCUT2D eigenvalue weighted by atomic mass is 10.2. The van der Waals surface area contributed by atoms with Crippen molar-refractivity contribution in [1.82, 2.24) is 15.1 Å². The van der Waals surface area contributed by atoms with Gasteiger partial charge in [0.25, 0.3) is 0 Å². The number of aromatic amines is 1. The Morgan fingerprint density at radius 2 is 2.11 bits per heavy atom. The summed E-state index contributed by atoms with van der Waals surface area (Å²) in [6.07, 6.45) is 1.02. The number of nitrogens with one attached hydrogen (secondary N) is 1. The Morgan fingerprint density at radius 1 is 1.26 bits per heavy atom. The molecule has 1 aromatic heterocycles. The zero-order chi connectivity index (χ0) is 12.9. The van der Waals surface area contributed by atoms with Gasteiger partial charge < -0.3 is 9.47 Å². The molecule has 2 heterocycles. The molecule has 1 saturated heterocycles. The second-order valence-corrected chi connectivity index (χ2v) is 4.73. The van der Waals surface area contributed by atoms with Gasteiger partial charge in [-0.1, -0.05) is 12.1 Å². The number of rotatable bonds is 5. The quantitative estimate of drug-likeness (QED) is 0.832. The van der Waals surface area contributed by atoms with E-state index < -0.39 is 0 Å². The van der Waals surface area contributed by atoms with Crippen LogP contribution in [0.1, 0.15) is 6.42 Å². The van der Waals surface area contributed by atoms with E-state index in [1.807, 2.05) is 24.3 Å². The molecule has 2 aromatic rings. The van der Waals surface area contributed by atoms with E-state index in [4.69, 9.17) is 9.47 Å². The molecule has 0 radical (unpaired) electrons. The average molecular weight is 261 g/mol. The van der Waals surface area contributed by atoms with E-state index >= 15 is 0 Å². The summed E-state index contributed by atoms with van der Waals surface area (Å²) < 4.78 is 11.1. The van der Waals surface area contributed by atoms with Crippen molar-refractivity contribution in [2.75, 3.05) is 39.5 Å². The Hall–Kier alpha value is -1.59. The van der Waals surface area contributed by atoms with Crippen molar-refractivity contribution >= 4 is 10.9 Å². The molecule has 1 aromatic carbocycles. The van der Waals surface area contributed by atoms with Gasteiger partial charge in [0, 0.05) is 19.6 Å². The van der Waals surface area contributed by atoms with E-state index in [0.717, 1.165) is 50.2 Å². The van der Waals surface area contributed by atoms with Crippen LogP contribution in [0.5, 0.6) is 5.88 Å². The van der Waals surface area contributed by atoms with E-state index in [1.165, 1.54) is 0 Å². The van der Waals surface area contributed by atoms with E-state index in [2.05, 4.69) is 15.1 Å². The van der Waals surface area contributed by atoms with Gasteiger partial charge >= 0.3 is 0 Å². The molecule has 1 aliphatic rings. The maximum absolute atomic E-state index is 5.75. The van der Waals surface area contributed by atoms with Crippen LogP contribution in [0, 0.1) is 0 Å². The molecular weight excluding hydrogens is 242 g/mol. The number of nitrogens with zero attached hydrogens (tertiary/aromatic N) is 2. The number of H-pyrrole nitrogens is 1. The molecule has 5 heteroatoms. The Morgan fingerprint density at radius 3 is 3.00 bits per heavy atom. The summed E-state index contributed by atoms with van der Waals surface area (Å²) in [4.78, 5) is 2.41. The van der Waals surface area contributed by atoms with Gasteiger partial charge in [-0.05, 0) is 18.6 Å². The summed E-state index contributed by atoms with van der Waals surface area (Å²) in [6, 6.07) is 8.01. The highest BCUT2D eigenvalue weighted by molar-refractivity contribution is 5.83. The third kappa shape index (κ3) is 3.05. The van der Waals surface area contributed by atoms with Crippen molar-refractivity contribution in [3.8, 4) is 5.88 Å². The molecule has 102 valence electrons. The maximum Gasteiger partial charge on any atom is 0.240 e. The summed E-state index contributed by atoms with van der Waals surface area (Å²) in [6.45, 7) is 5.53. The first-order chi connectivity index (χ1) is 9.43. The summed E-state index contributed by atoms with van der Waals surface area (Å²) in [5, 5.41) is 8.23. The molecule has 0 atom stereocenters. The summed E-state index contributed by atoms with van der Waals surface area (Å²) >= 11 is 0. The minimum atomic E-state index is 0.701. The number of para-hydroxylation sites is 1. The normalized spacial score (nSPS) is 16.8. The summed E-state index contributed by atoms with van der Waals surface area (Å²) in [5.74, 6) is 0.706. The van der Waals surface area contributed by atoms with Crippen LogP contribution in [0.25, 0.3) is 10.9 Å². The van der Waals surface area contributed by atoms with Gasteiger partial charge in [-0.25, -0.2) is 0 Å². The van der Waals surface area contributed by atoms with Gasteiger partial charge in [-0.2, -0.15) is 0 Å². The van der Waals surface area contributed by atoms with E-state index in [0.29, 0.717) is 12.5 Å². The van der Waals surface area contributed by atoms with Gasteiger partial charge in [0.2, 0.25) is 5.88 Å². The van der Waals surface area contributed by atoms with Crippen molar-refractivity contribution in [1.29, 1.82) is 0 Å². The highest BCUT2D eigenvalue weighted by Gasteiger charge is 2.10. The van der Waals surface area contributed by atoms with Gasteiger partial charge in [0.1, 0.15) is 0 Å². The lowest BCUT2D eigenvalue weighted by molar-refractivity contribution is 0.0357. The smallest absolute Gasteiger partial charge is 0.240 e. The fourth-order valence-electron chi connectivity index (χ4n) is 2.33. The molecule has 1 aliphatic heterocycles. The molecule has 0 unspecified atom stereocenters. The van der Waals surface area contributed by atoms with E-state index in [9.17, 15) is 0 Å². The predicted molar refractivity (Wildman–Crippen MR) is 73.5 cm³/mol. The number of fused-ring (bicyclic) bond motifs is 1. The van der Waals surface area contributed by atoms with Gasteiger partial charge in [0.15, 0.2) is 0 Å². The Balaban J connectivity index is 1.47. The van der Waals surface area contributed by atoms with Crippen LogP contribution in [0.15, 0.2) is 24.3 Å². The predicted octanol–water partition coefficient (Wildman–Crippen LogP) is 1.66. The van der Waals surface area contributed by atoms with Gasteiger partial charge in [0.05, 0.1) is 30.7 Å². The number of benzene rings is 1. The fraction of sp³-hybridized carbons (Fsp3) is 0.500. The SMILES string of the molecule is c1ccc2c(OCCCN3CCOCC3)n[nH]c2c1. The molecular formula is C14H19N3O2. The molecule has 0 spiro atoms. The second-order valence-electron chi connectivity index (χ2n) is 4.73. The van der Waals surface area contributed by atoms with Crippen LogP contribution in [0.3, 0.4) is 0 Å². The number of ether oxygens (including phenoxy) is 2. The first-order valence-electron chi connectivity index (χ1n) is 6.79. The van der Waals surface area contributed by atoms with Crippen LogP contribution < -0.4 is 4.74 Å².